The van der Waals surface area contributed by atoms with E-state index in [9.17, 15) is 0 Å². The van der Waals surface area contributed by atoms with Crippen LogP contribution in [0, 0.1) is 6.92 Å². The van der Waals surface area contributed by atoms with Crippen LogP contribution in [-0.4, -0.2) is 11.5 Å². The van der Waals surface area contributed by atoms with Crippen LogP contribution in [-0.2, 0) is 13.2 Å². The maximum absolute atomic E-state index is 6.00. The molecule has 0 spiro atoms. The van der Waals surface area contributed by atoms with Crippen LogP contribution >= 0.6 is 0 Å². The molecule has 0 saturated carbocycles. The summed E-state index contributed by atoms with van der Waals surface area (Å²) >= 11 is 0. The zero-order chi connectivity index (χ0) is 14.2. The summed E-state index contributed by atoms with van der Waals surface area (Å²) in [5, 5.41) is 3.42. The summed E-state index contributed by atoms with van der Waals surface area (Å²) in [6.45, 7) is 6.68. The van der Waals surface area contributed by atoms with Crippen LogP contribution in [0.5, 0.6) is 5.75 Å². The molecule has 0 atom stereocenters. The number of nitrogens with one attached hydrogen (secondary N) is 1. The van der Waals surface area contributed by atoms with E-state index in [0.717, 1.165) is 30.8 Å². The molecule has 106 valence electrons. The molecular formula is C17H22N2O. The van der Waals surface area contributed by atoms with Crippen molar-refractivity contribution in [1.29, 1.82) is 0 Å². The van der Waals surface area contributed by atoms with Crippen LogP contribution in [0.2, 0.25) is 0 Å². The zero-order valence-electron chi connectivity index (χ0n) is 12.2. The number of ether oxygens (including phenoxy) is 1. The van der Waals surface area contributed by atoms with Crippen LogP contribution < -0.4 is 10.1 Å². The molecule has 0 fully saturated rings. The van der Waals surface area contributed by atoms with Crippen molar-refractivity contribution in [3.63, 3.8) is 0 Å². The summed E-state index contributed by atoms with van der Waals surface area (Å²) in [5.41, 5.74) is 3.47. The van der Waals surface area contributed by atoms with Gasteiger partial charge in [-0.1, -0.05) is 31.2 Å². The predicted molar refractivity (Wildman–Crippen MR) is 81.7 cm³/mol. The largest absolute Gasteiger partial charge is 0.488 e. The second-order valence-electron chi connectivity index (χ2n) is 4.89. The molecule has 0 aliphatic rings. The number of aromatic nitrogens is 1. The Morgan fingerprint density at radius 1 is 1.20 bits per heavy atom. The van der Waals surface area contributed by atoms with E-state index in [1.165, 1.54) is 11.1 Å². The van der Waals surface area contributed by atoms with Crippen LogP contribution in [0.15, 0.2) is 42.7 Å². The predicted octanol–water partition coefficient (Wildman–Crippen LogP) is 3.47. The molecule has 0 unspecified atom stereocenters. The van der Waals surface area contributed by atoms with E-state index >= 15 is 0 Å². The lowest BCUT2D eigenvalue weighted by molar-refractivity contribution is 0.299. The van der Waals surface area contributed by atoms with E-state index in [1.807, 2.05) is 18.3 Å². The molecule has 2 rings (SSSR count). The SMILES string of the molecule is CCCNCc1cccc(C)c1OCc1cccnc1. The number of hydrogen-bond acceptors (Lipinski definition) is 3. The molecule has 0 amide bonds. The van der Waals surface area contributed by atoms with E-state index in [0.29, 0.717) is 6.61 Å². The van der Waals surface area contributed by atoms with Crippen molar-refractivity contribution < 1.29 is 4.74 Å². The van der Waals surface area contributed by atoms with E-state index in [-0.39, 0.29) is 0 Å². The second kappa shape index (κ2) is 7.65. The monoisotopic (exact) mass is 270 g/mol. The first kappa shape index (κ1) is 14.5. The van der Waals surface area contributed by atoms with Gasteiger partial charge in [0.05, 0.1) is 0 Å². The highest BCUT2D eigenvalue weighted by molar-refractivity contribution is 5.40. The molecule has 2 aromatic rings. The Balaban J connectivity index is 2.05. The number of rotatable bonds is 7. The van der Waals surface area contributed by atoms with Gasteiger partial charge in [-0.15, -0.1) is 0 Å². The fraction of sp³-hybridized carbons (Fsp3) is 0.353. The molecule has 3 heteroatoms. The lowest BCUT2D eigenvalue weighted by Gasteiger charge is -2.14. The standard InChI is InChI=1S/C17H22N2O/c1-3-9-18-12-16-8-4-6-14(2)17(16)20-13-15-7-5-10-19-11-15/h4-8,10-11,18H,3,9,12-13H2,1-2H3. The highest BCUT2D eigenvalue weighted by atomic mass is 16.5. The third-order valence-electron chi connectivity index (χ3n) is 3.14. The van der Waals surface area contributed by atoms with Gasteiger partial charge >= 0.3 is 0 Å². The van der Waals surface area contributed by atoms with Gasteiger partial charge in [-0.3, -0.25) is 4.98 Å². The highest BCUT2D eigenvalue weighted by Gasteiger charge is 2.07. The number of para-hydroxylation sites is 1. The Hall–Kier alpha value is -1.87. The first-order valence-corrected chi connectivity index (χ1v) is 7.12. The smallest absolute Gasteiger partial charge is 0.127 e. The maximum Gasteiger partial charge on any atom is 0.127 e. The Kier molecular flexibility index (Phi) is 5.56. The molecule has 1 heterocycles. The highest BCUT2D eigenvalue weighted by Crippen LogP contribution is 2.24. The molecule has 0 aliphatic heterocycles. The quantitative estimate of drug-likeness (QED) is 0.782. The number of pyridine rings is 1. The minimum atomic E-state index is 0.555. The minimum absolute atomic E-state index is 0.555. The number of aryl methyl sites for hydroxylation is 1. The molecule has 1 N–H and O–H groups in total. The summed E-state index contributed by atoms with van der Waals surface area (Å²) < 4.78 is 6.00. The average Bonchev–Trinajstić information content (AvgIpc) is 2.48. The van der Waals surface area contributed by atoms with Gasteiger partial charge in [-0.05, 0) is 31.5 Å². The average molecular weight is 270 g/mol. The number of hydrogen-bond donors (Lipinski definition) is 1. The van der Waals surface area contributed by atoms with Gasteiger partial charge in [0, 0.05) is 30.1 Å². The lowest BCUT2D eigenvalue weighted by Crippen LogP contribution is -2.15. The van der Waals surface area contributed by atoms with Crippen molar-refractivity contribution in [3.8, 4) is 5.75 Å². The zero-order valence-corrected chi connectivity index (χ0v) is 12.2. The summed E-state index contributed by atoms with van der Waals surface area (Å²) in [5.74, 6) is 0.986. The molecule has 3 nitrogen and oxygen atoms in total. The van der Waals surface area contributed by atoms with E-state index < -0.39 is 0 Å². The fourth-order valence-corrected chi connectivity index (χ4v) is 2.10. The molecule has 20 heavy (non-hydrogen) atoms. The normalized spacial score (nSPS) is 10.5. The fourth-order valence-electron chi connectivity index (χ4n) is 2.10. The van der Waals surface area contributed by atoms with E-state index in [4.69, 9.17) is 4.74 Å². The third-order valence-corrected chi connectivity index (χ3v) is 3.14. The molecular weight excluding hydrogens is 248 g/mol. The van der Waals surface area contributed by atoms with Crippen LogP contribution in [0.25, 0.3) is 0 Å². The maximum atomic E-state index is 6.00. The molecule has 1 aromatic carbocycles. The van der Waals surface area contributed by atoms with Gasteiger partial charge in [0.2, 0.25) is 0 Å². The molecule has 0 aliphatic carbocycles. The first-order valence-electron chi connectivity index (χ1n) is 7.12. The van der Waals surface area contributed by atoms with Crippen molar-refractivity contribution in [1.82, 2.24) is 10.3 Å². The minimum Gasteiger partial charge on any atom is -0.488 e. The Morgan fingerprint density at radius 3 is 2.85 bits per heavy atom. The van der Waals surface area contributed by atoms with Crippen molar-refractivity contribution in [2.24, 2.45) is 0 Å². The summed E-state index contributed by atoms with van der Waals surface area (Å²) in [4.78, 5) is 4.11. The Labute approximate surface area is 121 Å². The Morgan fingerprint density at radius 2 is 2.10 bits per heavy atom. The second-order valence-corrected chi connectivity index (χ2v) is 4.89. The molecule has 0 saturated heterocycles. The van der Waals surface area contributed by atoms with E-state index in [1.54, 1.807) is 6.20 Å². The van der Waals surface area contributed by atoms with Crippen LogP contribution in [0.4, 0.5) is 0 Å². The van der Waals surface area contributed by atoms with Crippen molar-refractivity contribution in [2.45, 2.75) is 33.4 Å². The van der Waals surface area contributed by atoms with E-state index in [2.05, 4.69) is 42.3 Å². The summed E-state index contributed by atoms with van der Waals surface area (Å²) in [6, 6.07) is 10.2. The summed E-state index contributed by atoms with van der Waals surface area (Å²) in [6.07, 6.45) is 4.75. The van der Waals surface area contributed by atoms with Crippen LogP contribution in [0.1, 0.15) is 30.0 Å². The van der Waals surface area contributed by atoms with Gasteiger partial charge < -0.3 is 10.1 Å². The number of benzene rings is 1. The van der Waals surface area contributed by atoms with Gasteiger partial charge in [0.25, 0.3) is 0 Å². The van der Waals surface area contributed by atoms with Crippen LogP contribution in [0.3, 0.4) is 0 Å². The third kappa shape index (κ3) is 4.07. The topological polar surface area (TPSA) is 34.1 Å². The van der Waals surface area contributed by atoms with Gasteiger partial charge in [-0.25, -0.2) is 0 Å². The molecule has 1 aromatic heterocycles. The van der Waals surface area contributed by atoms with Crippen molar-refractivity contribution in [2.75, 3.05) is 6.54 Å². The van der Waals surface area contributed by atoms with Gasteiger partial charge in [-0.2, -0.15) is 0 Å². The summed E-state index contributed by atoms with van der Waals surface area (Å²) in [7, 11) is 0. The lowest BCUT2D eigenvalue weighted by atomic mass is 10.1. The first-order chi connectivity index (χ1) is 9.81. The molecule has 0 bridgehead atoms. The van der Waals surface area contributed by atoms with Crippen molar-refractivity contribution >= 4 is 0 Å². The molecule has 0 radical (unpaired) electrons. The number of nitrogens with zero attached hydrogens (tertiary/aromatic N) is 1. The van der Waals surface area contributed by atoms with Crippen molar-refractivity contribution in [3.05, 3.63) is 59.4 Å². The Bertz CT molecular complexity index is 526. The van der Waals surface area contributed by atoms with Gasteiger partial charge in [0.15, 0.2) is 0 Å². The van der Waals surface area contributed by atoms with Gasteiger partial charge in [0.1, 0.15) is 12.4 Å².